The minimum atomic E-state index is -0.0412. The molecule has 1 aromatic heterocycles. The third-order valence-electron chi connectivity index (χ3n) is 4.16. The van der Waals surface area contributed by atoms with Crippen molar-refractivity contribution in [3.63, 3.8) is 0 Å². The van der Waals surface area contributed by atoms with Crippen LogP contribution in [0.1, 0.15) is 37.6 Å². The van der Waals surface area contributed by atoms with Crippen molar-refractivity contribution in [1.29, 1.82) is 0 Å². The summed E-state index contributed by atoms with van der Waals surface area (Å²) in [5.41, 5.74) is 4.16. The Morgan fingerprint density at radius 2 is 1.92 bits per heavy atom. The molecule has 2 rings (SSSR count). The minimum absolute atomic E-state index is 0.0412. The molecule has 1 amide bonds. The van der Waals surface area contributed by atoms with Crippen molar-refractivity contribution in [1.82, 2.24) is 9.88 Å². The molecule has 0 radical (unpaired) electrons. The standard InChI is InChI=1S/C19H25N3OS3/c1-6-21(7-2)19(24)26-12-16-11-25-18(20-16)22(15(5)23)17-9-8-13(3)14(4)10-17/h8-11H,6-7,12H2,1-5H3. The van der Waals surface area contributed by atoms with Gasteiger partial charge in [0, 0.05) is 31.1 Å². The number of carbonyl (C=O) groups excluding carboxylic acids is 1. The Morgan fingerprint density at radius 3 is 2.50 bits per heavy atom. The van der Waals surface area contributed by atoms with Crippen molar-refractivity contribution in [2.24, 2.45) is 0 Å². The van der Waals surface area contributed by atoms with Gasteiger partial charge in [0.1, 0.15) is 4.32 Å². The van der Waals surface area contributed by atoms with E-state index in [-0.39, 0.29) is 5.91 Å². The molecule has 2 aromatic rings. The van der Waals surface area contributed by atoms with E-state index >= 15 is 0 Å². The highest BCUT2D eigenvalue weighted by atomic mass is 32.2. The second-order valence-electron chi connectivity index (χ2n) is 5.97. The van der Waals surface area contributed by atoms with Gasteiger partial charge in [-0.15, -0.1) is 11.3 Å². The molecule has 1 aromatic carbocycles. The molecule has 0 fully saturated rings. The lowest BCUT2D eigenvalue weighted by molar-refractivity contribution is -0.115. The van der Waals surface area contributed by atoms with Crippen LogP contribution >= 0.6 is 35.3 Å². The number of hydrogen-bond acceptors (Lipinski definition) is 5. The fourth-order valence-corrected chi connectivity index (χ4v) is 4.75. The summed E-state index contributed by atoms with van der Waals surface area (Å²) in [4.78, 5) is 20.7. The van der Waals surface area contributed by atoms with Gasteiger partial charge in [0.25, 0.3) is 0 Å². The monoisotopic (exact) mass is 407 g/mol. The molecular weight excluding hydrogens is 382 g/mol. The van der Waals surface area contributed by atoms with Crippen LogP contribution in [-0.2, 0) is 10.5 Å². The molecule has 0 aliphatic carbocycles. The number of thiocarbonyl (C=S) groups is 1. The van der Waals surface area contributed by atoms with E-state index in [4.69, 9.17) is 12.2 Å². The first kappa shape index (κ1) is 20.9. The number of thiazole rings is 1. The van der Waals surface area contributed by atoms with Crippen LogP contribution in [0.5, 0.6) is 0 Å². The summed E-state index contributed by atoms with van der Waals surface area (Å²) in [5.74, 6) is 0.672. The minimum Gasteiger partial charge on any atom is -0.358 e. The number of carbonyl (C=O) groups is 1. The zero-order chi connectivity index (χ0) is 19.3. The van der Waals surface area contributed by atoms with Crippen LogP contribution in [0.4, 0.5) is 10.8 Å². The predicted molar refractivity (Wildman–Crippen MR) is 118 cm³/mol. The molecule has 0 saturated heterocycles. The highest BCUT2D eigenvalue weighted by molar-refractivity contribution is 8.22. The lowest BCUT2D eigenvalue weighted by Gasteiger charge is -2.20. The first-order valence-electron chi connectivity index (χ1n) is 8.61. The predicted octanol–water partition coefficient (Wildman–Crippen LogP) is 5.30. The van der Waals surface area contributed by atoms with Crippen LogP contribution in [0.2, 0.25) is 0 Å². The van der Waals surface area contributed by atoms with Crippen LogP contribution in [0.15, 0.2) is 23.6 Å². The maximum Gasteiger partial charge on any atom is 0.230 e. The van der Waals surface area contributed by atoms with Crippen molar-refractivity contribution < 1.29 is 4.79 Å². The summed E-state index contributed by atoms with van der Waals surface area (Å²) in [6.45, 7) is 11.7. The average molecular weight is 408 g/mol. The van der Waals surface area contributed by atoms with Crippen molar-refractivity contribution >= 4 is 56.4 Å². The number of rotatable bonds is 6. The van der Waals surface area contributed by atoms with E-state index in [1.807, 2.05) is 23.6 Å². The van der Waals surface area contributed by atoms with Crippen molar-refractivity contribution in [2.75, 3.05) is 18.0 Å². The fraction of sp³-hybridized carbons (Fsp3) is 0.421. The third-order valence-corrected chi connectivity index (χ3v) is 6.59. The van der Waals surface area contributed by atoms with E-state index in [9.17, 15) is 4.79 Å². The van der Waals surface area contributed by atoms with Gasteiger partial charge >= 0.3 is 0 Å². The average Bonchev–Trinajstić information content (AvgIpc) is 3.05. The van der Waals surface area contributed by atoms with Crippen LogP contribution in [0.3, 0.4) is 0 Å². The van der Waals surface area contributed by atoms with Crippen molar-refractivity contribution in [3.8, 4) is 0 Å². The molecule has 0 saturated carbocycles. The Morgan fingerprint density at radius 1 is 1.23 bits per heavy atom. The van der Waals surface area contributed by atoms with Gasteiger partial charge in [-0.25, -0.2) is 4.98 Å². The van der Waals surface area contributed by atoms with Gasteiger partial charge in [0.05, 0.1) is 11.4 Å². The molecule has 0 N–H and O–H groups in total. The van der Waals surface area contributed by atoms with E-state index in [0.717, 1.165) is 34.4 Å². The second-order valence-corrected chi connectivity index (χ2v) is 8.42. The lowest BCUT2D eigenvalue weighted by Crippen LogP contribution is -2.26. The van der Waals surface area contributed by atoms with Gasteiger partial charge < -0.3 is 4.90 Å². The highest BCUT2D eigenvalue weighted by Crippen LogP contribution is 2.31. The quantitative estimate of drug-likeness (QED) is 0.607. The zero-order valence-corrected chi connectivity index (χ0v) is 18.4. The molecule has 1 heterocycles. The normalized spacial score (nSPS) is 10.7. The Labute approximate surface area is 169 Å². The number of aryl methyl sites for hydroxylation is 2. The molecule has 0 spiro atoms. The smallest absolute Gasteiger partial charge is 0.230 e. The molecular formula is C19H25N3OS3. The Hall–Kier alpha value is -1.44. The summed E-state index contributed by atoms with van der Waals surface area (Å²) < 4.78 is 0.891. The van der Waals surface area contributed by atoms with Gasteiger partial charge in [-0.2, -0.15) is 0 Å². The van der Waals surface area contributed by atoms with Gasteiger partial charge in [-0.3, -0.25) is 9.69 Å². The summed E-state index contributed by atoms with van der Waals surface area (Å²) in [6.07, 6.45) is 0. The van der Waals surface area contributed by atoms with Crippen LogP contribution in [-0.4, -0.2) is 33.2 Å². The summed E-state index contributed by atoms with van der Waals surface area (Å²) in [6, 6.07) is 6.03. The number of thioether (sulfide) groups is 1. The van der Waals surface area contributed by atoms with Gasteiger partial charge in [-0.05, 0) is 51.0 Å². The van der Waals surface area contributed by atoms with E-state index in [0.29, 0.717) is 10.9 Å². The third kappa shape index (κ3) is 5.05. The number of hydrogen-bond donors (Lipinski definition) is 0. The number of anilines is 2. The van der Waals surface area contributed by atoms with Crippen molar-refractivity contribution in [2.45, 2.75) is 40.4 Å². The second kappa shape index (κ2) is 9.48. The number of amides is 1. The molecule has 7 heteroatoms. The summed E-state index contributed by atoms with van der Waals surface area (Å²) >= 11 is 8.58. The van der Waals surface area contributed by atoms with Crippen LogP contribution < -0.4 is 4.90 Å². The maximum atomic E-state index is 12.2. The molecule has 26 heavy (non-hydrogen) atoms. The summed E-state index contributed by atoms with van der Waals surface area (Å²) in [5, 5.41) is 2.70. The van der Waals surface area contributed by atoms with Crippen molar-refractivity contribution in [3.05, 3.63) is 40.4 Å². The molecule has 0 atom stereocenters. The lowest BCUT2D eigenvalue weighted by atomic mass is 10.1. The van der Waals surface area contributed by atoms with Crippen LogP contribution in [0, 0.1) is 13.8 Å². The summed E-state index contributed by atoms with van der Waals surface area (Å²) in [7, 11) is 0. The molecule has 0 unspecified atom stereocenters. The SMILES string of the molecule is CCN(CC)C(=S)SCc1csc(N(C(C)=O)c2ccc(C)c(C)c2)n1. The topological polar surface area (TPSA) is 36.4 Å². The first-order chi connectivity index (χ1) is 12.4. The van der Waals surface area contributed by atoms with E-state index in [1.54, 1.807) is 23.6 Å². The van der Waals surface area contributed by atoms with E-state index in [1.165, 1.54) is 16.9 Å². The molecule has 140 valence electrons. The number of aromatic nitrogens is 1. The molecule has 0 aliphatic heterocycles. The van der Waals surface area contributed by atoms with Gasteiger partial charge in [-0.1, -0.05) is 30.0 Å². The Kier molecular flexibility index (Phi) is 7.61. The molecule has 0 aliphatic rings. The van der Waals surface area contributed by atoms with E-state index in [2.05, 4.69) is 37.6 Å². The largest absolute Gasteiger partial charge is 0.358 e. The first-order valence-corrected chi connectivity index (χ1v) is 10.9. The molecule has 0 bridgehead atoms. The van der Waals surface area contributed by atoms with Gasteiger partial charge in [0.15, 0.2) is 5.13 Å². The fourth-order valence-electron chi connectivity index (χ4n) is 2.47. The van der Waals surface area contributed by atoms with Crippen LogP contribution in [0.25, 0.3) is 0 Å². The zero-order valence-electron chi connectivity index (χ0n) is 15.9. The maximum absolute atomic E-state index is 12.2. The number of nitrogens with zero attached hydrogens (tertiary/aromatic N) is 3. The van der Waals surface area contributed by atoms with Gasteiger partial charge in [0.2, 0.25) is 5.91 Å². The Balaban J connectivity index is 2.16. The van der Waals surface area contributed by atoms with E-state index < -0.39 is 0 Å². The number of benzene rings is 1. The Bertz CT molecular complexity index is 784. The molecule has 4 nitrogen and oxygen atoms in total. The highest BCUT2D eigenvalue weighted by Gasteiger charge is 2.19.